The molecule has 4 heteroatoms. The monoisotopic (exact) mass is 290 g/mol. The first-order valence-corrected chi connectivity index (χ1v) is 7.57. The van der Waals surface area contributed by atoms with Crippen molar-refractivity contribution in [2.75, 3.05) is 13.2 Å². The second-order valence-corrected chi connectivity index (χ2v) is 5.21. The van der Waals surface area contributed by atoms with Gasteiger partial charge in [0.2, 0.25) is 0 Å². The number of carbonyl (C=O) groups is 2. The quantitative estimate of drug-likeness (QED) is 0.782. The molecule has 1 aromatic rings. The third kappa shape index (κ3) is 3.91. The molecule has 2 atom stereocenters. The summed E-state index contributed by atoms with van der Waals surface area (Å²) < 4.78 is 10.6. The highest BCUT2D eigenvalue weighted by Crippen LogP contribution is 2.31. The van der Waals surface area contributed by atoms with Crippen molar-refractivity contribution in [3.8, 4) is 0 Å². The van der Waals surface area contributed by atoms with Crippen molar-refractivity contribution in [1.82, 2.24) is 0 Å². The van der Waals surface area contributed by atoms with Crippen LogP contribution >= 0.6 is 0 Å². The summed E-state index contributed by atoms with van der Waals surface area (Å²) in [6.07, 6.45) is 2.26. The van der Waals surface area contributed by atoms with E-state index in [0.29, 0.717) is 25.2 Å². The lowest BCUT2D eigenvalue weighted by atomic mass is 9.81. The Hall–Kier alpha value is -1.68. The standard InChI is InChI=1S/C17H22O4/c1-3-20-14-9-10-16(18)15(11-14)12-5-7-13(8-6-12)17(19)21-4-2/h5-8,14-15H,3-4,9-11H2,1-2H3. The van der Waals surface area contributed by atoms with Crippen LogP contribution < -0.4 is 0 Å². The number of esters is 1. The summed E-state index contributed by atoms with van der Waals surface area (Å²) in [7, 11) is 0. The normalized spacial score (nSPS) is 22.1. The fourth-order valence-corrected chi connectivity index (χ4v) is 2.76. The third-order valence-electron chi connectivity index (χ3n) is 3.83. The Kier molecular flexibility index (Phi) is 5.51. The van der Waals surface area contributed by atoms with Crippen LogP contribution in [0.2, 0.25) is 0 Å². The highest BCUT2D eigenvalue weighted by molar-refractivity contribution is 5.90. The maximum atomic E-state index is 12.1. The fourth-order valence-electron chi connectivity index (χ4n) is 2.76. The molecule has 0 amide bonds. The molecule has 0 heterocycles. The van der Waals surface area contributed by atoms with Crippen molar-refractivity contribution in [2.45, 2.75) is 45.1 Å². The lowest BCUT2D eigenvalue weighted by Gasteiger charge is -2.28. The molecule has 0 N–H and O–H groups in total. The molecule has 1 aliphatic rings. The lowest BCUT2D eigenvalue weighted by Crippen LogP contribution is -2.28. The van der Waals surface area contributed by atoms with Gasteiger partial charge in [-0.1, -0.05) is 12.1 Å². The van der Waals surface area contributed by atoms with E-state index in [1.807, 2.05) is 19.1 Å². The Morgan fingerprint density at radius 3 is 2.52 bits per heavy atom. The van der Waals surface area contributed by atoms with Crippen molar-refractivity contribution in [3.05, 3.63) is 35.4 Å². The number of ketones is 1. The maximum absolute atomic E-state index is 12.1. The summed E-state index contributed by atoms with van der Waals surface area (Å²) in [5.41, 5.74) is 1.47. The van der Waals surface area contributed by atoms with E-state index in [9.17, 15) is 9.59 Å². The Morgan fingerprint density at radius 2 is 1.90 bits per heavy atom. The maximum Gasteiger partial charge on any atom is 0.338 e. The molecular weight excluding hydrogens is 268 g/mol. The van der Waals surface area contributed by atoms with Gasteiger partial charge in [0.1, 0.15) is 5.78 Å². The third-order valence-corrected chi connectivity index (χ3v) is 3.83. The SMILES string of the molecule is CCOC(=O)c1ccc(C2CC(OCC)CCC2=O)cc1. The molecule has 1 aliphatic carbocycles. The summed E-state index contributed by atoms with van der Waals surface area (Å²) >= 11 is 0. The first kappa shape index (κ1) is 15.7. The summed E-state index contributed by atoms with van der Waals surface area (Å²) in [6.45, 7) is 4.78. The summed E-state index contributed by atoms with van der Waals surface area (Å²) in [6, 6.07) is 7.15. The van der Waals surface area contributed by atoms with Crippen molar-refractivity contribution >= 4 is 11.8 Å². The Balaban J connectivity index is 2.09. The number of carbonyl (C=O) groups excluding carboxylic acids is 2. The molecule has 0 aliphatic heterocycles. The van der Waals surface area contributed by atoms with Gasteiger partial charge in [-0.3, -0.25) is 4.79 Å². The van der Waals surface area contributed by atoms with Gasteiger partial charge in [-0.2, -0.15) is 0 Å². The molecular formula is C17H22O4. The highest BCUT2D eigenvalue weighted by atomic mass is 16.5. The van der Waals surface area contributed by atoms with Crippen LogP contribution in [0, 0.1) is 0 Å². The number of ether oxygens (including phenoxy) is 2. The first-order valence-electron chi connectivity index (χ1n) is 7.57. The number of Topliss-reactive ketones (excluding diaryl/α,β-unsaturated/α-hetero) is 1. The van der Waals surface area contributed by atoms with E-state index in [1.54, 1.807) is 19.1 Å². The Labute approximate surface area is 125 Å². The molecule has 2 unspecified atom stereocenters. The second-order valence-electron chi connectivity index (χ2n) is 5.21. The molecule has 114 valence electrons. The van der Waals surface area contributed by atoms with Crippen LogP contribution in [0.3, 0.4) is 0 Å². The van der Waals surface area contributed by atoms with Gasteiger partial charge in [0, 0.05) is 18.9 Å². The molecule has 4 nitrogen and oxygen atoms in total. The summed E-state index contributed by atoms with van der Waals surface area (Å²) in [4.78, 5) is 23.7. The molecule has 1 aromatic carbocycles. The van der Waals surface area contributed by atoms with Gasteiger partial charge in [0.25, 0.3) is 0 Å². The molecule has 0 saturated heterocycles. The lowest BCUT2D eigenvalue weighted by molar-refractivity contribution is -0.124. The topological polar surface area (TPSA) is 52.6 Å². The zero-order valence-electron chi connectivity index (χ0n) is 12.6. The first-order chi connectivity index (χ1) is 10.2. The minimum absolute atomic E-state index is 0.119. The average Bonchev–Trinajstić information content (AvgIpc) is 2.50. The molecule has 0 spiro atoms. The van der Waals surface area contributed by atoms with Crippen LogP contribution in [0.25, 0.3) is 0 Å². The predicted octanol–water partition coefficient (Wildman–Crippen LogP) is 3.11. The van der Waals surface area contributed by atoms with Crippen LogP contribution in [0.15, 0.2) is 24.3 Å². The smallest absolute Gasteiger partial charge is 0.338 e. The second kappa shape index (κ2) is 7.36. The van der Waals surface area contributed by atoms with Crippen molar-refractivity contribution in [3.63, 3.8) is 0 Å². The molecule has 0 aromatic heterocycles. The van der Waals surface area contributed by atoms with E-state index in [1.165, 1.54) is 0 Å². The van der Waals surface area contributed by atoms with Gasteiger partial charge in [0.15, 0.2) is 0 Å². The predicted molar refractivity (Wildman–Crippen MR) is 79.4 cm³/mol. The van der Waals surface area contributed by atoms with Gasteiger partial charge < -0.3 is 9.47 Å². The molecule has 2 rings (SSSR count). The Morgan fingerprint density at radius 1 is 1.19 bits per heavy atom. The molecule has 0 radical (unpaired) electrons. The van der Waals surface area contributed by atoms with E-state index in [-0.39, 0.29) is 23.8 Å². The average molecular weight is 290 g/mol. The van der Waals surface area contributed by atoms with E-state index in [2.05, 4.69) is 0 Å². The van der Waals surface area contributed by atoms with E-state index < -0.39 is 0 Å². The summed E-state index contributed by atoms with van der Waals surface area (Å²) in [5, 5.41) is 0. The largest absolute Gasteiger partial charge is 0.462 e. The van der Waals surface area contributed by atoms with E-state index in [4.69, 9.17) is 9.47 Å². The van der Waals surface area contributed by atoms with Crippen LogP contribution in [0.4, 0.5) is 0 Å². The summed E-state index contributed by atoms with van der Waals surface area (Å²) in [5.74, 6) is -0.187. The molecule has 1 saturated carbocycles. The number of hydrogen-bond acceptors (Lipinski definition) is 4. The van der Waals surface area contributed by atoms with Crippen LogP contribution in [-0.2, 0) is 14.3 Å². The van der Waals surface area contributed by atoms with Crippen LogP contribution in [-0.4, -0.2) is 31.1 Å². The van der Waals surface area contributed by atoms with Gasteiger partial charge in [0.05, 0.1) is 18.3 Å². The van der Waals surface area contributed by atoms with Gasteiger partial charge in [-0.05, 0) is 44.4 Å². The Bertz CT molecular complexity index is 492. The van der Waals surface area contributed by atoms with Gasteiger partial charge >= 0.3 is 5.97 Å². The van der Waals surface area contributed by atoms with Crippen LogP contribution in [0.5, 0.6) is 0 Å². The molecule has 0 bridgehead atoms. The van der Waals surface area contributed by atoms with Crippen LogP contribution in [0.1, 0.15) is 54.9 Å². The number of rotatable bonds is 5. The molecule has 21 heavy (non-hydrogen) atoms. The van der Waals surface area contributed by atoms with Crippen molar-refractivity contribution in [1.29, 1.82) is 0 Å². The van der Waals surface area contributed by atoms with Gasteiger partial charge in [-0.15, -0.1) is 0 Å². The van der Waals surface area contributed by atoms with Crippen molar-refractivity contribution < 1.29 is 19.1 Å². The minimum atomic E-state index is -0.328. The van der Waals surface area contributed by atoms with E-state index >= 15 is 0 Å². The number of hydrogen-bond donors (Lipinski definition) is 0. The van der Waals surface area contributed by atoms with Gasteiger partial charge in [-0.25, -0.2) is 4.79 Å². The van der Waals surface area contributed by atoms with Crippen molar-refractivity contribution in [2.24, 2.45) is 0 Å². The van der Waals surface area contributed by atoms with E-state index in [0.717, 1.165) is 18.4 Å². The molecule has 1 fully saturated rings. The zero-order chi connectivity index (χ0) is 15.2. The fraction of sp³-hybridized carbons (Fsp3) is 0.529. The highest BCUT2D eigenvalue weighted by Gasteiger charge is 2.30. The number of benzene rings is 1. The minimum Gasteiger partial charge on any atom is -0.462 e. The zero-order valence-corrected chi connectivity index (χ0v) is 12.6.